The van der Waals surface area contributed by atoms with Crippen LogP contribution in [0.3, 0.4) is 0 Å². The molecule has 29 heavy (non-hydrogen) atoms. The summed E-state index contributed by atoms with van der Waals surface area (Å²) in [6.07, 6.45) is 2.34. The van der Waals surface area contributed by atoms with E-state index in [1.807, 2.05) is 33.8 Å². The third kappa shape index (κ3) is 7.98. The van der Waals surface area contributed by atoms with Crippen molar-refractivity contribution in [2.75, 3.05) is 26.7 Å². The van der Waals surface area contributed by atoms with E-state index in [-0.39, 0.29) is 41.7 Å². The molecule has 8 heteroatoms. The molecule has 6 nitrogen and oxygen atoms in total. The number of guanidine groups is 1. The smallest absolute Gasteiger partial charge is 0.227 e. The number of carbonyl (C=O) groups excluding carboxylic acids is 1. The predicted molar refractivity (Wildman–Crippen MR) is 125 cm³/mol. The summed E-state index contributed by atoms with van der Waals surface area (Å²) in [6.45, 7) is 9.18. The Morgan fingerprint density at radius 3 is 2.59 bits per heavy atom. The molecule has 164 valence electrons. The molecule has 1 aliphatic rings. The second-order valence-electron chi connectivity index (χ2n) is 7.98. The number of hydrogen-bond donors (Lipinski definition) is 3. The molecule has 1 unspecified atom stereocenters. The molecule has 0 spiro atoms. The van der Waals surface area contributed by atoms with Gasteiger partial charge in [0.25, 0.3) is 0 Å². The van der Waals surface area contributed by atoms with Crippen LogP contribution >= 0.6 is 24.0 Å². The monoisotopic (exact) mass is 520 g/mol. The first kappa shape index (κ1) is 25.5. The summed E-state index contributed by atoms with van der Waals surface area (Å²) < 4.78 is 19.9. The molecule has 1 aromatic carbocycles. The lowest BCUT2D eigenvalue weighted by Crippen LogP contribution is -2.48. The van der Waals surface area contributed by atoms with Crippen LogP contribution in [0.4, 0.5) is 4.39 Å². The van der Waals surface area contributed by atoms with Crippen LogP contribution in [0.1, 0.15) is 52.1 Å². The molecular weight excluding hydrogens is 486 g/mol. The number of nitrogens with zero attached hydrogens (tertiary/aromatic N) is 1. The maximum absolute atomic E-state index is 14.3. The number of nitrogens with one attached hydrogen (secondary N) is 3. The standard InChI is InChI=1S/C21H33FN4O2.HI/c1-6-24-19(27)21(3,4)13-25-20(23-5)26-14(2)16-9-10-18(17(22)11-16)28-12-15-7-8-15;/h9-11,14-15H,6-8,12-13H2,1-5H3,(H,24,27)(H2,23,25,26);1H. The number of rotatable bonds is 9. The zero-order chi connectivity index (χ0) is 20.7. The molecule has 1 fully saturated rings. The third-order valence-electron chi connectivity index (χ3n) is 4.85. The van der Waals surface area contributed by atoms with Gasteiger partial charge in [0.05, 0.1) is 18.1 Å². The summed E-state index contributed by atoms with van der Waals surface area (Å²) in [7, 11) is 1.66. The minimum atomic E-state index is -0.580. The van der Waals surface area contributed by atoms with E-state index in [2.05, 4.69) is 20.9 Å². The van der Waals surface area contributed by atoms with Gasteiger partial charge in [-0.25, -0.2) is 4.39 Å². The second kappa shape index (κ2) is 11.6. The fourth-order valence-corrected chi connectivity index (χ4v) is 2.66. The molecule has 1 aromatic rings. The number of amides is 1. The van der Waals surface area contributed by atoms with Crippen LogP contribution in [-0.2, 0) is 4.79 Å². The quantitative estimate of drug-likeness (QED) is 0.264. The molecule has 3 N–H and O–H groups in total. The van der Waals surface area contributed by atoms with Gasteiger partial charge in [-0.1, -0.05) is 6.07 Å². The molecule has 2 rings (SSSR count). The Morgan fingerprint density at radius 2 is 2.03 bits per heavy atom. The Labute approximate surface area is 190 Å². The molecule has 1 atom stereocenters. The van der Waals surface area contributed by atoms with Gasteiger partial charge in [0.1, 0.15) is 0 Å². The first-order valence-corrected chi connectivity index (χ1v) is 9.94. The molecule has 0 saturated heterocycles. The van der Waals surface area contributed by atoms with Gasteiger partial charge in [0, 0.05) is 20.1 Å². The third-order valence-corrected chi connectivity index (χ3v) is 4.85. The highest BCUT2D eigenvalue weighted by Gasteiger charge is 2.27. The lowest BCUT2D eigenvalue weighted by Gasteiger charge is -2.26. The number of carbonyl (C=O) groups is 1. The highest BCUT2D eigenvalue weighted by atomic mass is 127. The van der Waals surface area contributed by atoms with Crippen LogP contribution in [0.15, 0.2) is 23.2 Å². The molecular formula is C21H34FIN4O2. The molecule has 0 aromatic heterocycles. The van der Waals surface area contributed by atoms with E-state index in [0.717, 1.165) is 5.56 Å². The van der Waals surface area contributed by atoms with E-state index in [9.17, 15) is 9.18 Å². The van der Waals surface area contributed by atoms with E-state index in [4.69, 9.17) is 4.74 Å². The Morgan fingerprint density at radius 1 is 1.34 bits per heavy atom. The van der Waals surface area contributed by atoms with Crippen LogP contribution < -0.4 is 20.7 Å². The van der Waals surface area contributed by atoms with Gasteiger partial charge in [-0.3, -0.25) is 9.79 Å². The Balaban J connectivity index is 0.00000420. The Hall–Kier alpha value is -1.58. The average Bonchev–Trinajstić information content (AvgIpc) is 3.48. The number of ether oxygens (including phenoxy) is 1. The largest absolute Gasteiger partial charge is 0.490 e. The van der Waals surface area contributed by atoms with Crippen molar-refractivity contribution in [3.63, 3.8) is 0 Å². The molecule has 0 aliphatic heterocycles. The van der Waals surface area contributed by atoms with Crippen molar-refractivity contribution in [1.82, 2.24) is 16.0 Å². The van der Waals surface area contributed by atoms with Crippen molar-refractivity contribution in [1.29, 1.82) is 0 Å². The van der Waals surface area contributed by atoms with Gasteiger partial charge < -0.3 is 20.7 Å². The molecule has 1 amide bonds. The van der Waals surface area contributed by atoms with Gasteiger partial charge in [-0.15, -0.1) is 24.0 Å². The van der Waals surface area contributed by atoms with Crippen LogP contribution in [0.5, 0.6) is 5.75 Å². The maximum atomic E-state index is 14.3. The van der Waals surface area contributed by atoms with Crippen LogP contribution in [0.25, 0.3) is 0 Å². The first-order chi connectivity index (χ1) is 13.3. The minimum Gasteiger partial charge on any atom is -0.490 e. The summed E-state index contributed by atoms with van der Waals surface area (Å²) in [4.78, 5) is 16.3. The van der Waals surface area contributed by atoms with Crippen LogP contribution in [0, 0.1) is 17.2 Å². The average molecular weight is 520 g/mol. The topological polar surface area (TPSA) is 74.8 Å². The van der Waals surface area contributed by atoms with Crippen molar-refractivity contribution < 1.29 is 13.9 Å². The molecule has 0 heterocycles. The highest BCUT2D eigenvalue weighted by molar-refractivity contribution is 14.0. The number of halogens is 2. The van der Waals surface area contributed by atoms with Crippen molar-refractivity contribution >= 4 is 35.8 Å². The number of aliphatic imine (C=N–C) groups is 1. The summed E-state index contributed by atoms with van der Waals surface area (Å²) in [5, 5.41) is 9.24. The van der Waals surface area contributed by atoms with Crippen molar-refractivity contribution in [2.24, 2.45) is 16.3 Å². The van der Waals surface area contributed by atoms with Gasteiger partial charge >= 0.3 is 0 Å². The summed E-state index contributed by atoms with van der Waals surface area (Å²) >= 11 is 0. The minimum absolute atomic E-state index is 0. The van der Waals surface area contributed by atoms with Crippen molar-refractivity contribution in [3.8, 4) is 5.75 Å². The van der Waals surface area contributed by atoms with Crippen LogP contribution in [0.2, 0.25) is 0 Å². The van der Waals surface area contributed by atoms with Gasteiger partial charge in [-0.05, 0) is 64.2 Å². The van der Waals surface area contributed by atoms with E-state index < -0.39 is 5.41 Å². The molecule has 0 radical (unpaired) electrons. The normalized spacial score (nSPS) is 15.2. The molecule has 0 bridgehead atoms. The molecule has 1 saturated carbocycles. The Kier molecular flexibility index (Phi) is 10.2. The maximum Gasteiger partial charge on any atom is 0.227 e. The summed E-state index contributed by atoms with van der Waals surface area (Å²) in [6, 6.07) is 4.87. The zero-order valence-electron chi connectivity index (χ0n) is 18.0. The molecule has 1 aliphatic carbocycles. The fourth-order valence-electron chi connectivity index (χ4n) is 2.66. The highest BCUT2D eigenvalue weighted by Crippen LogP contribution is 2.30. The van der Waals surface area contributed by atoms with E-state index in [1.165, 1.54) is 18.9 Å². The van der Waals surface area contributed by atoms with E-state index >= 15 is 0 Å². The van der Waals surface area contributed by atoms with Crippen molar-refractivity contribution in [2.45, 2.75) is 46.6 Å². The van der Waals surface area contributed by atoms with Gasteiger partial charge in [-0.2, -0.15) is 0 Å². The first-order valence-electron chi connectivity index (χ1n) is 9.94. The predicted octanol–water partition coefficient (Wildman–Crippen LogP) is 3.62. The van der Waals surface area contributed by atoms with Crippen LogP contribution in [-0.4, -0.2) is 38.6 Å². The summed E-state index contributed by atoms with van der Waals surface area (Å²) in [5.41, 5.74) is 0.214. The zero-order valence-corrected chi connectivity index (χ0v) is 20.3. The Bertz CT molecular complexity index is 708. The SMILES string of the molecule is CCNC(=O)C(C)(C)CNC(=NC)NC(C)c1ccc(OCC2CC2)c(F)c1.I. The second-order valence-corrected chi connectivity index (χ2v) is 7.98. The number of benzene rings is 1. The summed E-state index contributed by atoms with van der Waals surface area (Å²) in [5.74, 6) is 1.06. The van der Waals surface area contributed by atoms with Gasteiger partial charge in [0.15, 0.2) is 17.5 Å². The fraction of sp³-hybridized carbons (Fsp3) is 0.619. The van der Waals surface area contributed by atoms with E-state index in [1.54, 1.807) is 13.1 Å². The lowest BCUT2D eigenvalue weighted by atomic mass is 9.92. The van der Waals surface area contributed by atoms with Crippen molar-refractivity contribution in [3.05, 3.63) is 29.6 Å². The lowest BCUT2D eigenvalue weighted by molar-refractivity contribution is -0.128. The number of hydrogen-bond acceptors (Lipinski definition) is 3. The van der Waals surface area contributed by atoms with Gasteiger partial charge in [0.2, 0.25) is 5.91 Å². The van der Waals surface area contributed by atoms with E-state index in [0.29, 0.717) is 37.3 Å².